The van der Waals surface area contributed by atoms with Crippen LogP contribution in [0.25, 0.3) is 0 Å². The van der Waals surface area contributed by atoms with E-state index in [0.717, 1.165) is 19.5 Å². The lowest BCUT2D eigenvalue weighted by atomic mass is 9.99. The van der Waals surface area contributed by atoms with Crippen molar-refractivity contribution in [3.05, 3.63) is 29.3 Å². The second-order valence-corrected chi connectivity index (χ2v) is 4.82. The first-order chi connectivity index (χ1) is 8.25. The molecule has 1 aromatic rings. The van der Waals surface area contributed by atoms with Crippen molar-refractivity contribution in [2.45, 2.75) is 32.3 Å². The number of aryl methyl sites for hydroxylation is 1. The maximum absolute atomic E-state index is 9.14. The fourth-order valence-electron chi connectivity index (χ4n) is 2.23. The topological polar surface area (TPSA) is 44.3 Å². The van der Waals surface area contributed by atoms with Gasteiger partial charge in [0.2, 0.25) is 0 Å². The second kappa shape index (κ2) is 6.03. The molecule has 0 aliphatic carbocycles. The monoisotopic (exact) mass is 234 g/mol. The van der Waals surface area contributed by atoms with Gasteiger partial charge in [0.15, 0.2) is 0 Å². The van der Waals surface area contributed by atoms with Gasteiger partial charge in [0.05, 0.1) is 6.10 Å². The molecule has 1 aliphatic rings. The quantitative estimate of drug-likeness (QED) is 0.677. The van der Waals surface area contributed by atoms with Gasteiger partial charge in [-0.1, -0.05) is 12.1 Å². The second-order valence-electron chi connectivity index (χ2n) is 4.82. The number of rotatable bonds is 5. The highest BCUT2D eigenvalue weighted by atomic mass is 16.3. The van der Waals surface area contributed by atoms with E-state index < -0.39 is 0 Å². The van der Waals surface area contributed by atoms with Crippen LogP contribution < -0.4 is 10.6 Å². The van der Waals surface area contributed by atoms with Gasteiger partial charge in [-0.15, -0.1) is 0 Å². The molecule has 0 saturated carbocycles. The maximum atomic E-state index is 9.14. The summed E-state index contributed by atoms with van der Waals surface area (Å²) in [4.78, 5) is 0. The van der Waals surface area contributed by atoms with Crippen molar-refractivity contribution in [3.8, 4) is 0 Å². The zero-order valence-electron chi connectivity index (χ0n) is 10.5. The van der Waals surface area contributed by atoms with E-state index in [1.807, 2.05) is 0 Å². The Kier molecular flexibility index (Phi) is 4.40. The smallest absolute Gasteiger partial charge is 0.0636 e. The van der Waals surface area contributed by atoms with E-state index in [1.165, 1.54) is 29.7 Å². The molecule has 0 fully saturated rings. The molecule has 1 heterocycles. The standard InChI is InChI=1S/C14H22N2O/c1-11(17)10-15-8-6-12-4-5-14-13(9-12)3-2-7-16-14/h4-5,9,11,15-17H,2-3,6-8,10H2,1H3. The third-order valence-electron chi connectivity index (χ3n) is 3.14. The molecular formula is C14H22N2O. The third-order valence-corrected chi connectivity index (χ3v) is 3.14. The van der Waals surface area contributed by atoms with Gasteiger partial charge >= 0.3 is 0 Å². The van der Waals surface area contributed by atoms with Gasteiger partial charge in [-0.25, -0.2) is 0 Å². The molecule has 94 valence electrons. The van der Waals surface area contributed by atoms with Crippen LogP contribution in [-0.2, 0) is 12.8 Å². The first-order valence-electron chi connectivity index (χ1n) is 6.50. The number of nitrogens with one attached hydrogen (secondary N) is 2. The highest BCUT2D eigenvalue weighted by molar-refractivity contribution is 5.54. The summed E-state index contributed by atoms with van der Waals surface area (Å²) in [5.41, 5.74) is 4.13. The molecule has 1 unspecified atom stereocenters. The molecule has 0 spiro atoms. The fraction of sp³-hybridized carbons (Fsp3) is 0.571. The van der Waals surface area contributed by atoms with Gasteiger partial charge < -0.3 is 15.7 Å². The minimum absolute atomic E-state index is 0.261. The van der Waals surface area contributed by atoms with Crippen LogP contribution in [0.4, 0.5) is 5.69 Å². The Hall–Kier alpha value is -1.06. The van der Waals surface area contributed by atoms with E-state index in [1.54, 1.807) is 6.92 Å². The third kappa shape index (κ3) is 3.72. The zero-order chi connectivity index (χ0) is 12.1. The van der Waals surface area contributed by atoms with E-state index in [-0.39, 0.29) is 6.10 Å². The van der Waals surface area contributed by atoms with E-state index in [9.17, 15) is 0 Å². The molecule has 0 bridgehead atoms. The molecule has 0 radical (unpaired) electrons. The molecule has 1 atom stereocenters. The van der Waals surface area contributed by atoms with Gasteiger partial charge in [0.25, 0.3) is 0 Å². The lowest BCUT2D eigenvalue weighted by Crippen LogP contribution is -2.26. The predicted molar refractivity (Wildman–Crippen MR) is 71.5 cm³/mol. The number of aliphatic hydroxyl groups excluding tert-OH is 1. The highest BCUT2D eigenvalue weighted by Gasteiger charge is 2.08. The Labute approximate surface area is 103 Å². The molecule has 0 amide bonds. The van der Waals surface area contributed by atoms with Crippen LogP contribution in [0.2, 0.25) is 0 Å². The summed E-state index contributed by atoms with van der Waals surface area (Å²) in [6.07, 6.45) is 3.19. The van der Waals surface area contributed by atoms with Gasteiger partial charge in [-0.05, 0) is 49.9 Å². The summed E-state index contributed by atoms with van der Waals surface area (Å²) < 4.78 is 0. The van der Waals surface area contributed by atoms with Crippen LogP contribution in [0.1, 0.15) is 24.5 Å². The Morgan fingerprint density at radius 2 is 2.35 bits per heavy atom. The summed E-state index contributed by atoms with van der Waals surface area (Å²) in [5, 5.41) is 15.8. The van der Waals surface area contributed by atoms with Crippen molar-refractivity contribution in [3.63, 3.8) is 0 Å². The fourth-order valence-corrected chi connectivity index (χ4v) is 2.23. The molecule has 1 aromatic carbocycles. The van der Waals surface area contributed by atoms with Crippen LogP contribution in [0.15, 0.2) is 18.2 Å². The van der Waals surface area contributed by atoms with Crippen molar-refractivity contribution in [2.24, 2.45) is 0 Å². The Morgan fingerprint density at radius 3 is 3.18 bits per heavy atom. The molecule has 2 rings (SSSR count). The highest BCUT2D eigenvalue weighted by Crippen LogP contribution is 2.22. The van der Waals surface area contributed by atoms with Crippen LogP contribution in [0, 0.1) is 0 Å². The predicted octanol–water partition coefficient (Wildman–Crippen LogP) is 1.56. The number of hydrogen-bond donors (Lipinski definition) is 3. The summed E-state index contributed by atoms with van der Waals surface area (Å²) in [6, 6.07) is 6.70. The van der Waals surface area contributed by atoms with E-state index in [2.05, 4.69) is 28.8 Å². The molecule has 17 heavy (non-hydrogen) atoms. The van der Waals surface area contributed by atoms with Crippen molar-refractivity contribution < 1.29 is 5.11 Å². The van der Waals surface area contributed by atoms with Crippen LogP contribution in [0.3, 0.4) is 0 Å². The normalized spacial score (nSPS) is 16.1. The molecule has 1 aliphatic heterocycles. The van der Waals surface area contributed by atoms with Crippen molar-refractivity contribution >= 4 is 5.69 Å². The molecule has 3 heteroatoms. The van der Waals surface area contributed by atoms with E-state index in [4.69, 9.17) is 5.11 Å². The van der Waals surface area contributed by atoms with Crippen molar-refractivity contribution in [1.82, 2.24) is 5.32 Å². The molecule has 3 N–H and O–H groups in total. The van der Waals surface area contributed by atoms with Crippen molar-refractivity contribution in [2.75, 3.05) is 25.0 Å². The Bertz CT molecular complexity index is 363. The molecular weight excluding hydrogens is 212 g/mol. The Morgan fingerprint density at radius 1 is 1.47 bits per heavy atom. The molecule has 0 aromatic heterocycles. The largest absolute Gasteiger partial charge is 0.392 e. The minimum atomic E-state index is -0.261. The first-order valence-corrected chi connectivity index (χ1v) is 6.50. The lowest BCUT2D eigenvalue weighted by Gasteiger charge is -2.18. The zero-order valence-corrected chi connectivity index (χ0v) is 10.5. The lowest BCUT2D eigenvalue weighted by molar-refractivity contribution is 0.191. The van der Waals surface area contributed by atoms with E-state index >= 15 is 0 Å². The van der Waals surface area contributed by atoms with Gasteiger partial charge in [0, 0.05) is 18.8 Å². The summed E-state index contributed by atoms with van der Waals surface area (Å²) in [7, 11) is 0. The molecule has 0 saturated heterocycles. The molecule has 3 nitrogen and oxygen atoms in total. The number of fused-ring (bicyclic) bond motifs is 1. The van der Waals surface area contributed by atoms with E-state index in [0.29, 0.717) is 6.54 Å². The Balaban J connectivity index is 1.85. The number of anilines is 1. The number of aliphatic hydroxyl groups is 1. The maximum Gasteiger partial charge on any atom is 0.0636 e. The minimum Gasteiger partial charge on any atom is -0.392 e. The SMILES string of the molecule is CC(O)CNCCc1ccc2c(c1)CCCN2. The summed E-state index contributed by atoms with van der Waals surface area (Å²) in [6.45, 7) is 4.50. The van der Waals surface area contributed by atoms with Gasteiger partial charge in [-0.2, -0.15) is 0 Å². The van der Waals surface area contributed by atoms with Crippen LogP contribution in [0.5, 0.6) is 0 Å². The first kappa shape index (κ1) is 12.4. The number of benzene rings is 1. The number of hydrogen-bond acceptors (Lipinski definition) is 3. The average Bonchev–Trinajstić information content (AvgIpc) is 2.34. The van der Waals surface area contributed by atoms with Crippen molar-refractivity contribution in [1.29, 1.82) is 0 Å². The van der Waals surface area contributed by atoms with Gasteiger partial charge in [-0.3, -0.25) is 0 Å². The van der Waals surface area contributed by atoms with Gasteiger partial charge in [0.1, 0.15) is 0 Å². The summed E-state index contributed by atoms with van der Waals surface area (Å²) in [5.74, 6) is 0. The van der Waals surface area contributed by atoms with Crippen LogP contribution in [-0.4, -0.2) is 30.8 Å². The average molecular weight is 234 g/mol. The van der Waals surface area contributed by atoms with Crippen LogP contribution >= 0.6 is 0 Å². The summed E-state index contributed by atoms with van der Waals surface area (Å²) >= 11 is 0.